The van der Waals surface area contributed by atoms with Crippen LogP contribution in [0.15, 0.2) is 10.9 Å². The predicted molar refractivity (Wildman–Crippen MR) is 85.6 cm³/mol. The molecule has 2 aliphatic rings. The molecule has 0 spiro atoms. The maximum absolute atomic E-state index is 12.8. The lowest BCUT2D eigenvalue weighted by atomic mass is 10.0. The van der Waals surface area contributed by atoms with Crippen LogP contribution in [0.25, 0.3) is 0 Å². The van der Waals surface area contributed by atoms with Crippen molar-refractivity contribution in [2.75, 3.05) is 13.6 Å². The van der Waals surface area contributed by atoms with Gasteiger partial charge >= 0.3 is 0 Å². The van der Waals surface area contributed by atoms with Crippen molar-refractivity contribution < 1.29 is 0 Å². The Bertz CT molecular complexity index is 574. The molecular weight excluding hydrogens is 262 g/mol. The standard InChI is InChI=1S/C17H27N3O/c1-4-12(2)18-10-13-9-14-11-19(3)8-7-16(14)20(17(13)21)15-5-6-15/h9,12,15,18H,4-8,10-11H2,1-3H3. The Balaban J connectivity index is 1.95. The molecule has 1 aromatic heterocycles. The van der Waals surface area contributed by atoms with Gasteiger partial charge in [-0.3, -0.25) is 4.79 Å². The fraction of sp³-hybridized carbons (Fsp3) is 0.706. The first-order chi connectivity index (χ1) is 10.1. The minimum atomic E-state index is 0.247. The van der Waals surface area contributed by atoms with Gasteiger partial charge in [-0.1, -0.05) is 6.92 Å². The molecule has 1 aromatic rings. The van der Waals surface area contributed by atoms with E-state index in [1.807, 2.05) is 0 Å². The number of pyridine rings is 1. The van der Waals surface area contributed by atoms with Crippen LogP contribution < -0.4 is 10.9 Å². The van der Waals surface area contributed by atoms with Crippen LogP contribution in [0.3, 0.4) is 0 Å². The number of likely N-dealkylation sites (N-methyl/N-ethyl adjacent to an activating group) is 1. The van der Waals surface area contributed by atoms with Crippen LogP contribution in [0.2, 0.25) is 0 Å². The van der Waals surface area contributed by atoms with Gasteiger partial charge in [-0.15, -0.1) is 0 Å². The molecule has 1 fully saturated rings. The molecule has 4 nitrogen and oxygen atoms in total. The number of hydrogen-bond donors (Lipinski definition) is 1. The highest BCUT2D eigenvalue weighted by atomic mass is 16.1. The summed E-state index contributed by atoms with van der Waals surface area (Å²) in [5, 5.41) is 3.47. The Labute approximate surface area is 127 Å². The Morgan fingerprint density at radius 1 is 1.43 bits per heavy atom. The Morgan fingerprint density at radius 2 is 2.19 bits per heavy atom. The lowest BCUT2D eigenvalue weighted by Crippen LogP contribution is -2.37. The van der Waals surface area contributed by atoms with Crippen molar-refractivity contribution in [2.24, 2.45) is 0 Å². The minimum Gasteiger partial charge on any atom is -0.310 e. The van der Waals surface area contributed by atoms with Crippen molar-refractivity contribution >= 4 is 0 Å². The zero-order valence-electron chi connectivity index (χ0n) is 13.5. The van der Waals surface area contributed by atoms with Crippen LogP contribution in [-0.4, -0.2) is 29.1 Å². The third kappa shape index (κ3) is 3.06. The Kier molecular flexibility index (Phi) is 4.18. The number of aromatic nitrogens is 1. The molecule has 1 saturated carbocycles. The van der Waals surface area contributed by atoms with E-state index < -0.39 is 0 Å². The van der Waals surface area contributed by atoms with Gasteiger partial charge < -0.3 is 14.8 Å². The van der Waals surface area contributed by atoms with Crippen molar-refractivity contribution in [1.82, 2.24) is 14.8 Å². The normalized spacial score (nSPS) is 20.3. The van der Waals surface area contributed by atoms with Gasteiger partial charge in [0, 0.05) is 49.4 Å². The lowest BCUT2D eigenvalue weighted by Gasteiger charge is -2.28. The van der Waals surface area contributed by atoms with Crippen LogP contribution >= 0.6 is 0 Å². The molecule has 1 unspecified atom stereocenters. The molecule has 0 radical (unpaired) electrons. The van der Waals surface area contributed by atoms with Gasteiger partial charge in [-0.25, -0.2) is 0 Å². The quantitative estimate of drug-likeness (QED) is 0.901. The highest BCUT2D eigenvalue weighted by Gasteiger charge is 2.30. The van der Waals surface area contributed by atoms with Crippen molar-refractivity contribution in [3.63, 3.8) is 0 Å². The second-order valence-electron chi connectivity index (χ2n) is 6.73. The second kappa shape index (κ2) is 5.93. The highest BCUT2D eigenvalue weighted by molar-refractivity contribution is 5.30. The van der Waals surface area contributed by atoms with E-state index in [9.17, 15) is 4.79 Å². The van der Waals surface area contributed by atoms with Gasteiger partial charge in [-0.05, 0) is 44.9 Å². The molecule has 116 valence electrons. The molecule has 21 heavy (non-hydrogen) atoms. The summed E-state index contributed by atoms with van der Waals surface area (Å²) in [5.41, 5.74) is 3.84. The average molecular weight is 289 g/mol. The van der Waals surface area contributed by atoms with Gasteiger partial charge in [0.25, 0.3) is 5.56 Å². The predicted octanol–water partition coefficient (Wildman–Crippen LogP) is 2.06. The van der Waals surface area contributed by atoms with Crippen molar-refractivity contribution in [3.05, 3.63) is 33.2 Å². The summed E-state index contributed by atoms with van der Waals surface area (Å²) in [6, 6.07) is 3.08. The van der Waals surface area contributed by atoms with E-state index in [1.165, 1.54) is 24.1 Å². The number of hydrogen-bond acceptors (Lipinski definition) is 3. The summed E-state index contributed by atoms with van der Waals surface area (Å²) in [7, 11) is 2.16. The number of nitrogens with one attached hydrogen (secondary N) is 1. The smallest absolute Gasteiger partial charge is 0.255 e. The van der Waals surface area contributed by atoms with E-state index in [0.29, 0.717) is 18.6 Å². The van der Waals surface area contributed by atoms with E-state index in [4.69, 9.17) is 0 Å². The first-order valence-electron chi connectivity index (χ1n) is 8.28. The van der Waals surface area contributed by atoms with Crippen LogP contribution in [-0.2, 0) is 19.5 Å². The van der Waals surface area contributed by atoms with Crippen LogP contribution in [0.1, 0.15) is 56.0 Å². The SMILES string of the molecule is CCC(C)NCc1cc2c(n(C3CC3)c1=O)CCN(C)C2. The first-order valence-corrected chi connectivity index (χ1v) is 8.28. The molecule has 0 amide bonds. The Hall–Kier alpha value is -1.13. The number of nitrogens with zero attached hydrogens (tertiary/aromatic N) is 2. The van der Waals surface area contributed by atoms with E-state index in [-0.39, 0.29) is 5.56 Å². The maximum atomic E-state index is 12.8. The van der Waals surface area contributed by atoms with Gasteiger partial charge in [0.15, 0.2) is 0 Å². The topological polar surface area (TPSA) is 37.3 Å². The molecule has 3 rings (SSSR count). The summed E-state index contributed by atoms with van der Waals surface area (Å²) in [6.45, 7) is 7.06. The van der Waals surface area contributed by atoms with Gasteiger partial charge in [-0.2, -0.15) is 0 Å². The summed E-state index contributed by atoms with van der Waals surface area (Å²) < 4.78 is 2.12. The lowest BCUT2D eigenvalue weighted by molar-refractivity contribution is 0.303. The van der Waals surface area contributed by atoms with Crippen molar-refractivity contribution in [1.29, 1.82) is 0 Å². The zero-order valence-corrected chi connectivity index (χ0v) is 13.5. The van der Waals surface area contributed by atoms with Crippen molar-refractivity contribution in [3.8, 4) is 0 Å². The molecule has 1 aliphatic heterocycles. The molecule has 4 heteroatoms. The summed E-state index contributed by atoms with van der Waals surface area (Å²) in [5.74, 6) is 0. The largest absolute Gasteiger partial charge is 0.310 e. The molecule has 1 aliphatic carbocycles. The molecule has 2 heterocycles. The maximum Gasteiger partial charge on any atom is 0.255 e. The molecular formula is C17H27N3O. The molecule has 1 atom stereocenters. The van der Waals surface area contributed by atoms with Crippen LogP contribution in [0.5, 0.6) is 0 Å². The van der Waals surface area contributed by atoms with Crippen LogP contribution in [0, 0.1) is 0 Å². The number of fused-ring (bicyclic) bond motifs is 1. The molecule has 0 saturated heterocycles. The number of rotatable bonds is 5. The fourth-order valence-electron chi connectivity index (χ4n) is 3.15. The fourth-order valence-corrected chi connectivity index (χ4v) is 3.15. The van der Waals surface area contributed by atoms with Gasteiger partial charge in [0.1, 0.15) is 0 Å². The minimum absolute atomic E-state index is 0.247. The third-order valence-electron chi connectivity index (χ3n) is 4.84. The van der Waals surface area contributed by atoms with E-state index in [1.54, 1.807) is 0 Å². The van der Waals surface area contributed by atoms with E-state index >= 15 is 0 Å². The summed E-state index contributed by atoms with van der Waals surface area (Å²) in [6.07, 6.45) is 4.44. The summed E-state index contributed by atoms with van der Waals surface area (Å²) >= 11 is 0. The molecule has 0 aromatic carbocycles. The zero-order chi connectivity index (χ0) is 15.0. The van der Waals surface area contributed by atoms with E-state index in [2.05, 4.69) is 41.7 Å². The highest BCUT2D eigenvalue weighted by Crippen LogP contribution is 2.36. The first kappa shape index (κ1) is 14.8. The van der Waals surface area contributed by atoms with Gasteiger partial charge in [0.2, 0.25) is 0 Å². The summed E-state index contributed by atoms with van der Waals surface area (Å²) in [4.78, 5) is 15.2. The van der Waals surface area contributed by atoms with Crippen LogP contribution in [0.4, 0.5) is 0 Å². The average Bonchev–Trinajstić information content (AvgIpc) is 3.29. The van der Waals surface area contributed by atoms with E-state index in [0.717, 1.165) is 31.5 Å². The van der Waals surface area contributed by atoms with Crippen molar-refractivity contribution in [2.45, 2.75) is 64.7 Å². The van der Waals surface area contributed by atoms with Gasteiger partial charge in [0.05, 0.1) is 0 Å². The third-order valence-corrected chi connectivity index (χ3v) is 4.84. The monoisotopic (exact) mass is 289 g/mol. The molecule has 1 N–H and O–H groups in total. The molecule has 0 bridgehead atoms. The Morgan fingerprint density at radius 3 is 2.86 bits per heavy atom. The second-order valence-corrected chi connectivity index (χ2v) is 6.73.